The Morgan fingerprint density at radius 2 is 2.13 bits per heavy atom. The maximum absolute atomic E-state index is 4.35. The van der Waals surface area contributed by atoms with Crippen LogP contribution in [0.1, 0.15) is 19.8 Å². The standard InChI is InChI=1S/C13H16N2/c1-2-3-4-7-10-15-11-14-12-8-5-6-9-13(12)15/h4-9,11H,2-3,10H2,1H3. The van der Waals surface area contributed by atoms with Gasteiger partial charge in [0, 0.05) is 6.54 Å². The average Bonchev–Trinajstić information content (AvgIpc) is 2.68. The molecule has 0 fully saturated rings. The van der Waals surface area contributed by atoms with Crippen LogP contribution in [0.5, 0.6) is 0 Å². The van der Waals surface area contributed by atoms with Crippen LogP contribution >= 0.6 is 0 Å². The third kappa shape index (κ3) is 2.27. The molecule has 0 bridgehead atoms. The molecule has 2 rings (SSSR count). The second kappa shape index (κ2) is 4.78. The molecule has 0 aliphatic rings. The number of imidazole rings is 1. The number of aromatic nitrogens is 2. The summed E-state index contributed by atoms with van der Waals surface area (Å²) < 4.78 is 2.17. The smallest absolute Gasteiger partial charge is 0.0961 e. The molecule has 1 aromatic carbocycles. The van der Waals surface area contributed by atoms with Crippen LogP contribution in [0.15, 0.2) is 42.7 Å². The van der Waals surface area contributed by atoms with Crippen LogP contribution in [-0.2, 0) is 6.54 Å². The highest BCUT2D eigenvalue weighted by Crippen LogP contribution is 2.11. The molecule has 0 aliphatic carbocycles. The molecule has 2 aromatic rings. The molecule has 0 saturated carbocycles. The second-order valence-electron chi connectivity index (χ2n) is 3.65. The highest BCUT2D eigenvalue weighted by molar-refractivity contribution is 5.74. The highest BCUT2D eigenvalue weighted by atomic mass is 15.0. The van der Waals surface area contributed by atoms with Gasteiger partial charge >= 0.3 is 0 Å². The van der Waals surface area contributed by atoms with Crippen molar-refractivity contribution in [3.8, 4) is 0 Å². The molecule has 0 radical (unpaired) electrons. The van der Waals surface area contributed by atoms with E-state index in [9.17, 15) is 0 Å². The Morgan fingerprint density at radius 1 is 1.27 bits per heavy atom. The van der Waals surface area contributed by atoms with Crippen molar-refractivity contribution in [2.24, 2.45) is 0 Å². The van der Waals surface area contributed by atoms with E-state index in [4.69, 9.17) is 0 Å². The minimum Gasteiger partial charge on any atom is -0.327 e. The second-order valence-corrected chi connectivity index (χ2v) is 3.65. The predicted octanol–water partition coefficient (Wildman–Crippen LogP) is 3.39. The Bertz CT molecular complexity index is 454. The van der Waals surface area contributed by atoms with Gasteiger partial charge in [0.05, 0.1) is 17.4 Å². The Morgan fingerprint density at radius 3 is 3.00 bits per heavy atom. The first-order valence-corrected chi connectivity index (χ1v) is 5.46. The van der Waals surface area contributed by atoms with E-state index in [0.717, 1.165) is 18.5 Å². The lowest BCUT2D eigenvalue weighted by Crippen LogP contribution is -1.91. The van der Waals surface area contributed by atoms with Crippen LogP contribution in [0.2, 0.25) is 0 Å². The minimum atomic E-state index is 0.917. The van der Waals surface area contributed by atoms with Gasteiger partial charge in [0.2, 0.25) is 0 Å². The van der Waals surface area contributed by atoms with E-state index in [-0.39, 0.29) is 0 Å². The topological polar surface area (TPSA) is 17.8 Å². The van der Waals surface area contributed by atoms with Gasteiger partial charge in [0.25, 0.3) is 0 Å². The van der Waals surface area contributed by atoms with Crippen molar-refractivity contribution in [2.75, 3.05) is 0 Å². The van der Waals surface area contributed by atoms with Gasteiger partial charge in [-0.2, -0.15) is 0 Å². The molecule has 2 nitrogen and oxygen atoms in total. The number of allylic oxidation sites excluding steroid dienone is 2. The number of benzene rings is 1. The van der Waals surface area contributed by atoms with E-state index in [0.29, 0.717) is 0 Å². The van der Waals surface area contributed by atoms with E-state index in [1.807, 2.05) is 18.5 Å². The summed E-state index contributed by atoms with van der Waals surface area (Å²) in [6.07, 6.45) is 8.71. The fourth-order valence-electron chi connectivity index (χ4n) is 1.63. The molecule has 2 heteroatoms. The fraction of sp³-hybridized carbons (Fsp3) is 0.308. The Kier molecular flexibility index (Phi) is 3.18. The van der Waals surface area contributed by atoms with Crippen molar-refractivity contribution in [1.29, 1.82) is 0 Å². The minimum absolute atomic E-state index is 0.917. The number of unbranched alkanes of at least 4 members (excludes halogenated alkanes) is 1. The van der Waals surface area contributed by atoms with Gasteiger partial charge < -0.3 is 4.57 Å². The average molecular weight is 200 g/mol. The predicted molar refractivity (Wildman–Crippen MR) is 63.8 cm³/mol. The Labute approximate surface area is 90.3 Å². The van der Waals surface area contributed by atoms with Crippen molar-refractivity contribution in [2.45, 2.75) is 26.3 Å². The van der Waals surface area contributed by atoms with Crippen molar-refractivity contribution in [3.05, 3.63) is 42.7 Å². The molecule has 0 spiro atoms. The van der Waals surface area contributed by atoms with E-state index < -0.39 is 0 Å². The molecule has 0 amide bonds. The largest absolute Gasteiger partial charge is 0.327 e. The van der Waals surface area contributed by atoms with Crippen LogP contribution in [0, 0.1) is 0 Å². The summed E-state index contributed by atoms with van der Waals surface area (Å²) in [4.78, 5) is 4.35. The normalized spacial score (nSPS) is 11.5. The van der Waals surface area contributed by atoms with Crippen LogP contribution in [-0.4, -0.2) is 9.55 Å². The van der Waals surface area contributed by atoms with E-state index >= 15 is 0 Å². The third-order valence-corrected chi connectivity index (χ3v) is 2.45. The van der Waals surface area contributed by atoms with Crippen LogP contribution in [0.3, 0.4) is 0 Å². The van der Waals surface area contributed by atoms with Crippen molar-refractivity contribution >= 4 is 11.0 Å². The molecule has 0 atom stereocenters. The molecule has 0 unspecified atom stereocenters. The summed E-state index contributed by atoms with van der Waals surface area (Å²) in [6.45, 7) is 3.11. The van der Waals surface area contributed by atoms with Crippen LogP contribution in [0.4, 0.5) is 0 Å². The van der Waals surface area contributed by atoms with Gasteiger partial charge in [-0.05, 0) is 18.6 Å². The summed E-state index contributed by atoms with van der Waals surface area (Å²) in [5.41, 5.74) is 2.28. The summed E-state index contributed by atoms with van der Waals surface area (Å²) in [6, 6.07) is 8.22. The monoisotopic (exact) mass is 200 g/mol. The zero-order valence-electron chi connectivity index (χ0n) is 9.06. The van der Waals surface area contributed by atoms with E-state index in [1.165, 1.54) is 11.9 Å². The maximum atomic E-state index is 4.35. The van der Waals surface area contributed by atoms with E-state index in [2.05, 4.69) is 40.8 Å². The summed E-state index contributed by atoms with van der Waals surface area (Å²) in [7, 11) is 0. The zero-order chi connectivity index (χ0) is 10.5. The lowest BCUT2D eigenvalue weighted by Gasteiger charge is -1.98. The quantitative estimate of drug-likeness (QED) is 0.692. The van der Waals surface area contributed by atoms with Gasteiger partial charge in [-0.3, -0.25) is 0 Å². The SMILES string of the molecule is CCCC=CCn1cnc2ccccc21. The molecular formula is C13H16N2. The highest BCUT2D eigenvalue weighted by Gasteiger charge is 1.97. The number of fused-ring (bicyclic) bond motifs is 1. The molecule has 15 heavy (non-hydrogen) atoms. The Balaban J connectivity index is 2.14. The summed E-state index contributed by atoms with van der Waals surface area (Å²) >= 11 is 0. The lowest BCUT2D eigenvalue weighted by atomic mass is 10.3. The first kappa shape index (κ1) is 9.97. The van der Waals surface area contributed by atoms with Crippen LogP contribution in [0.25, 0.3) is 11.0 Å². The van der Waals surface area contributed by atoms with Gasteiger partial charge in [0.15, 0.2) is 0 Å². The van der Waals surface area contributed by atoms with Crippen LogP contribution < -0.4 is 0 Å². The molecule has 1 aromatic heterocycles. The number of hydrogen-bond donors (Lipinski definition) is 0. The first-order chi connectivity index (χ1) is 7.42. The fourth-order valence-corrected chi connectivity index (χ4v) is 1.63. The maximum Gasteiger partial charge on any atom is 0.0961 e. The molecule has 0 N–H and O–H groups in total. The van der Waals surface area contributed by atoms with Gasteiger partial charge in [-0.25, -0.2) is 4.98 Å². The molecule has 78 valence electrons. The molecule has 1 heterocycles. The number of hydrogen-bond acceptors (Lipinski definition) is 1. The molecular weight excluding hydrogens is 184 g/mol. The lowest BCUT2D eigenvalue weighted by molar-refractivity contribution is 0.840. The number of nitrogens with zero attached hydrogens (tertiary/aromatic N) is 2. The third-order valence-electron chi connectivity index (χ3n) is 2.45. The number of para-hydroxylation sites is 2. The van der Waals surface area contributed by atoms with Crippen molar-refractivity contribution in [3.63, 3.8) is 0 Å². The van der Waals surface area contributed by atoms with E-state index in [1.54, 1.807) is 0 Å². The van der Waals surface area contributed by atoms with Crippen molar-refractivity contribution < 1.29 is 0 Å². The van der Waals surface area contributed by atoms with Gasteiger partial charge in [-0.15, -0.1) is 0 Å². The first-order valence-electron chi connectivity index (χ1n) is 5.46. The molecule has 0 aliphatic heterocycles. The van der Waals surface area contributed by atoms with Crippen molar-refractivity contribution in [1.82, 2.24) is 9.55 Å². The summed E-state index contributed by atoms with van der Waals surface area (Å²) in [5, 5.41) is 0. The van der Waals surface area contributed by atoms with Gasteiger partial charge in [-0.1, -0.05) is 37.6 Å². The number of rotatable bonds is 4. The Hall–Kier alpha value is -1.57. The van der Waals surface area contributed by atoms with Gasteiger partial charge in [0.1, 0.15) is 0 Å². The molecule has 0 saturated heterocycles. The summed E-state index contributed by atoms with van der Waals surface area (Å²) in [5.74, 6) is 0. The zero-order valence-corrected chi connectivity index (χ0v) is 9.06.